The van der Waals surface area contributed by atoms with E-state index in [1.54, 1.807) is 30.3 Å². The van der Waals surface area contributed by atoms with Crippen molar-refractivity contribution in [3.63, 3.8) is 0 Å². The molecule has 48 heavy (non-hydrogen) atoms. The van der Waals surface area contributed by atoms with Crippen LogP contribution in [0, 0.1) is 5.92 Å². The molecule has 0 aliphatic heterocycles. The van der Waals surface area contributed by atoms with E-state index in [1.165, 1.54) is 18.9 Å². The maximum Gasteiger partial charge on any atom is 0.337 e. The van der Waals surface area contributed by atoms with E-state index in [-0.39, 0.29) is 12.2 Å². The summed E-state index contributed by atoms with van der Waals surface area (Å²) in [4.78, 5) is 61.9. The van der Waals surface area contributed by atoms with Crippen LogP contribution < -0.4 is 10.1 Å². The minimum atomic E-state index is -2.89. The second-order valence-electron chi connectivity index (χ2n) is 12.4. The van der Waals surface area contributed by atoms with Gasteiger partial charge < -0.3 is 30.1 Å². The summed E-state index contributed by atoms with van der Waals surface area (Å²) in [6.07, 6.45) is 13.7. The van der Waals surface area contributed by atoms with Gasteiger partial charge in [-0.15, -0.1) is 0 Å². The number of carboxylic acids is 2. The molecule has 0 heterocycles. The fourth-order valence-electron chi connectivity index (χ4n) is 5.02. The smallest absolute Gasteiger partial charge is 0.337 e. The molecule has 3 atom stereocenters. The predicted octanol–water partition coefficient (Wildman–Crippen LogP) is 5.96. The van der Waals surface area contributed by atoms with Gasteiger partial charge in [-0.2, -0.15) is 0 Å². The number of rotatable bonds is 26. The summed E-state index contributed by atoms with van der Waals surface area (Å²) in [5.41, 5.74) is -1.22. The van der Waals surface area contributed by atoms with Gasteiger partial charge in [-0.05, 0) is 63.3 Å². The fourth-order valence-corrected chi connectivity index (χ4v) is 5.02. The highest BCUT2D eigenvalue weighted by molar-refractivity contribution is 5.94. The number of amides is 1. The summed E-state index contributed by atoms with van der Waals surface area (Å²) < 4.78 is 10.2. The minimum absolute atomic E-state index is 0.129. The molecule has 0 bridgehead atoms. The Morgan fingerprint density at radius 3 is 2.04 bits per heavy atom. The molecule has 0 aromatic heterocycles. The number of allylic oxidation sites excluding steroid dienone is 2. The first-order chi connectivity index (χ1) is 22.8. The number of benzene rings is 1. The van der Waals surface area contributed by atoms with Gasteiger partial charge in [-0.25, -0.2) is 9.59 Å². The van der Waals surface area contributed by atoms with Crippen LogP contribution in [0.5, 0.6) is 5.75 Å². The summed E-state index contributed by atoms with van der Waals surface area (Å²) in [6, 6.07) is 5.21. The van der Waals surface area contributed by atoms with Gasteiger partial charge in [0.15, 0.2) is 5.60 Å². The van der Waals surface area contributed by atoms with Crippen molar-refractivity contribution in [2.75, 3.05) is 13.7 Å². The Bertz CT molecular complexity index is 1220. The Morgan fingerprint density at radius 2 is 1.50 bits per heavy atom. The van der Waals surface area contributed by atoms with Crippen molar-refractivity contribution in [2.45, 2.75) is 122 Å². The molecule has 11 nitrogen and oxygen atoms in total. The largest absolute Gasteiger partial charge is 0.490 e. The molecule has 0 unspecified atom stereocenters. The average molecular weight is 674 g/mol. The van der Waals surface area contributed by atoms with Crippen molar-refractivity contribution in [3.05, 3.63) is 53.6 Å². The van der Waals surface area contributed by atoms with Crippen molar-refractivity contribution in [1.82, 2.24) is 5.32 Å². The van der Waals surface area contributed by atoms with Gasteiger partial charge in [-0.3, -0.25) is 14.4 Å². The fraction of sp³-hybridized carbons (Fsp3) is 0.595. The topological polar surface area (TPSA) is 177 Å². The third kappa shape index (κ3) is 16.7. The average Bonchev–Trinajstić information content (AvgIpc) is 3.03. The number of ether oxygens (including phenoxy) is 2. The molecule has 0 aliphatic carbocycles. The van der Waals surface area contributed by atoms with Gasteiger partial charge in [0.25, 0.3) is 0 Å². The van der Waals surface area contributed by atoms with Gasteiger partial charge in [0, 0.05) is 19.3 Å². The van der Waals surface area contributed by atoms with Crippen LogP contribution in [0.15, 0.2) is 48.1 Å². The highest BCUT2D eigenvalue weighted by Crippen LogP contribution is 2.26. The number of Topliss-reactive ketones (excluding diaryl/α,β-unsaturated/α-hetero) is 1. The van der Waals surface area contributed by atoms with E-state index >= 15 is 0 Å². The Kier molecular flexibility index (Phi) is 20.5. The lowest BCUT2D eigenvalue weighted by Gasteiger charge is -2.30. The quantitative estimate of drug-likeness (QED) is 0.0521. The zero-order valence-electron chi connectivity index (χ0n) is 29.0. The van der Waals surface area contributed by atoms with Crippen LogP contribution in [-0.2, 0) is 35.1 Å². The van der Waals surface area contributed by atoms with E-state index in [9.17, 15) is 39.3 Å². The first-order valence-electron chi connectivity index (χ1n) is 16.9. The molecule has 11 heteroatoms. The summed E-state index contributed by atoms with van der Waals surface area (Å²) in [5.74, 6) is -6.25. The van der Waals surface area contributed by atoms with Crippen LogP contribution >= 0.6 is 0 Å². The van der Waals surface area contributed by atoms with Gasteiger partial charge in [0.2, 0.25) is 5.91 Å². The molecule has 0 saturated carbocycles. The summed E-state index contributed by atoms with van der Waals surface area (Å²) in [5, 5.41) is 33.2. The molecular weight excluding hydrogens is 618 g/mol. The van der Waals surface area contributed by atoms with Crippen molar-refractivity contribution in [1.29, 1.82) is 0 Å². The lowest BCUT2D eigenvalue weighted by atomic mass is 9.82. The number of hydrogen-bond donors (Lipinski definition) is 4. The number of carboxylic acid groups (broad SMARTS) is 2. The second-order valence-corrected chi connectivity index (χ2v) is 12.4. The normalized spacial score (nSPS) is 13.6. The van der Waals surface area contributed by atoms with Crippen LogP contribution in [0.4, 0.5) is 0 Å². The van der Waals surface area contributed by atoms with Crippen LogP contribution in [0.3, 0.4) is 0 Å². The van der Waals surface area contributed by atoms with E-state index in [0.717, 1.165) is 51.2 Å². The monoisotopic (exact) mass is 673 g/mol. The molecule has 1 aromatic rings. The lowest BCUT2D eigenvalue weighted by molar-refractivity contribution is -0.173. The number of aliphatic hydroxyl groups is 1. The van der Waals surface area contributed by atoms with Crippen molar-refractivity contribution in [2.24, 2.45) is 5.92 Å². The zero-order chi connectivity index (χ0) is 36.0. The minimum Gasteiger partial charge on any atom is -0.490 e. The number of carbonyl (C=O) groups is 5. The number of nitrogens with one attached hydrogen (secondary N) is 1. The van der Waals surface area contributed by atoms with Crippen molar-refractivity contribution >= 4 is 29.6 Å². The van der Waals surface area contributed by atoms with E-state index in [2.05, 4.69) is 17.0 Å². The number of ketones is 1. The molecule has 0 aliphatic rings. The van der Waals surface area contributed by atoms with Crippen molar-refractivity contribution in [3.8, 4) is 5.75 Å². The Morgan fingerprint density at radius 1 is 0.896 bits per heavy atom. The number of aliphatic carboxylic acids is 2. The van der Waals surface area contributed by atoms with E-state index in [1.807, 2.05) is 19.9 Å². The number of esters is 1. The van der Waals surface area contributed by atoms with Crippen LogP contribution in [-0.4, -0.2) is 70.3 Å². The SMILES string of the molecule is CCCCCCCC(=O)CCCCCCC=C[C@H](C(=O)N[C@@H](Cc1ccc(OCC=C(C)C)cc1)C(=O)O)[C@@](O)(CC(=O)OC)C(=O)O. The van der Waals surface area contributed by atoms with Crippen LogP contribution in [0.2, 0.25) is 0 Å². The maximum atomic E-state index is 13.4. The number of carbonyl (C=O) groups excluding carboxylic acids is 3. The van der Waals surface area contributed by atoms with Crippen molar-refractivity contribution < 1.29 is 48.8 Å². The molecule has 0 saturated heterocycles. The Labute approximate surface area is 284 Å². The molecule has 1 amide bonds. The Hall–Kier alpha value is -3.99. The van der Waals surface area contributed by atoms with Gasteiger partial charge >= 0.3 is 17.9 Å². The highest BCUT2D eigenvalue weighted by atomic mass is 16.5. The van der Waals surface area contributed by atoms with Gasteiger partial charge in [-0.1, -0.05) is 75.3 Å². The molecule has 4 N–H and O–H groups in total. The first-order valence-corrected chi connectivity index (χ1v) is 16.9. The zero-order valence-corrected chi connectivity index (χ0v) is 29.0. The third-order valence-electron chi connectivity index (χ3n) is 7.99. The second kappa shape index (κ2) is 23.4. The van der Waals surface area contributed by atoms with Gasteiger partial charge in [0.1, 0.15) is 24.2 Å². The van der Waals surface area contributed by atoms with Crippen LogP contribution in [0.25, 0.3) is 0 Å². The molecule has 268 valence electrons. The maximum absolute atomic E-state index is 13.4. The Balaban J connectivity index is 2.88. The molecular formula is C37H55NO10. The molecule has 0 radical (unpaired) electrons. The number of methoxy groups -OCH3 is 1. The standard InChI is InChI=1S/C37H55NO10/c1-5-6-7-10-13-16-29(39)17-14-11-8-9-12-15-18-31(37(46,36(44)45)26-33(40)47-4)34(41)38-32(35(42)43)25-28-19-21-30(22-20-28)48-24-23-27(2)3/h15,18-23,31-32,46H,5-14,16-17,24-26H2,1-4H3,(H,38,41)(H,42,43)(H,44,45)/t31-,32+,37+/m1/s1. The summed E-state index contributed by atoms with van der Waals surface area (Å²) in [6.45, 7) is 6.43. The number of unbranched alkanes of at least 4 members (excludes halogenated alkanes) is 8. The number of hydrogen-bond acceptors (Lipinski definition) is 8. The van der Waals surface area contributed by atoms with Gasteiger partial charge in [0.05, 0.1) is 19.4 Å². The molecule has 0 spiro atoms. The van der Waals surface area contributed by atoms with E-state index in [0.29, 0.717) is 43.6 Å². The molecule has 1 rings (SSSR count). The van der Waals surface area contributed by atoms with E-state index < -0.39 is 47.8 Å². The van der Waals surface area contributed by atoms with E-state index in [4.69, 9.17) is 4.74 Å². The van der Waals surface area contributed by atoms with Crippen LogP contribution in [0.1, 0.15) is 110 Å². The summed E-state index contributed by atoms with van der Waals surface area (Å²) in [7, 11) is 1.02. The third-order valence-corrected chi connectivity index (χ3v) is 7.99. The first kappa shape index (κ1) is 42.0. The molecule has 0 fully saturated rings. The predicted molar refractivity (Wildman–Crippen MR) is 183 cm³/mol. The molecule has 1 aromatic carbocycles. The summed E-state index contributed by atoms with van der Waals surface area (Å²) >= 11 is 0. The lowest BCUT2D eigenvalue weighted by Crippen LogP contribution is -2.55. The highest BCUT2D eigenvalue weighted by Gasteiger charge is 2.49.